The fourth-order valence-corrected chi connectivity index (χ4v) is 2.81. The third-order valence-corrected chi connectivity index (χ3v) is 4.32. The number of methoxy groups -OCH3 is 2. The second-order valence-electron chi connectivity index (χ2n) is 5.23. The van der Waals surface area contributed by atoms with E-state index >= 15 is 0 Å². The van der Waals surface area contributed by atoms with Gasteiger partial charge in [-0.2, -0.15) is 5.10 Å². The minimum Gasteiger partial charge on any atom is -0.496 e. The average molecular weight is 455 g/mol. The Balaban J connectivity index is 1.94. The molecule has 0 bridgehead atoms. The summed E-state index contributed by atoms with van der Waals surface area (Å²) in [7, 11) is 3.05. The first-order valence-electron chi connectivity index (χ1n) is 7.72. The van der Waals surface area contributed by atoms with Gasteiger partial charge < -0.3 is 14.8 Å². The topological polar surface area (TPSA) is 89.0 Å². The molecule has 142 valence electrons. The summed E-state index contributed by atoms with van der Waals surface area (Å²) in [6.07, 6.45) is 1.01. The Kier molecular flexibility index (Phi) is 7.63. The molecule has 0 aliphatic rings. The highest BCUT2D eigenvalue weighted by Gasteiger charge is 2.11. The van der Waals surface area contributed by atoms with Crippen LogP contribution in [0.15, 0.2) is 46.0 Å². The normalized spacial score (nSPS) is 10.5. The van der Waals surface area contributed by atoms with Crippen LogP contribution in [0.5, 0.6) is 11.5 Å². The molecule has 0 aromatic heterocycles. The number of hydrogen-bond acceptors (Lipinski definition) is 5. The molecule has 2 aromatic carbocycles. The van der Waals surface area contributed by atoms with Crippen LogP contribution in [0.3, 0.4) is 0 Å². The third kappa shape index (κ3) is 5.97. The first-order valence-corrected chi connectivity index (χ1v) is 8.89. The van der Waals surface area contributed by atoms with Crippen LogP contribution >= 0.6 is 27.5 Å². The van der Waals surface area contributed by atoms with E-state index in [1.165, 1.54) is 13.3 Å². The minimum atomic E-state index is -0.567. The summed E-state index contributed by atoms with van der Waals surface area (Å²) in [4.78, 5) is 23.8. The number of hydrazone groups is 1. The molecule has 2 rings (SSSR count). The largest absolute Gasteiger partial charge is 0.496 e. The first kappa shape index (κ1) is 20.7. The number of nitrogens with one attached hydrogen (secondary N) is 2. The van der Waals surface area contributed by atoms with E-state index < -0.39 is 18.2 Å². The maximum absolute atomic E-state index is 11.9. The summed E-state index contributed by atoms with van der Waals surface area (Å²) in [5.74, 6) is 0.0525. The van der Waals surface area contributed by atoms with Crippen LogP contribution < -0.4 is 20.2 Å². The van der Waals surface area contributed by atoms with Crippen molar-refractivity contribution >= 4 is 51.2 Å². The molecule has 0 radical (unpaired) electrons. The monoisotopic (exact) mass is 453 g/mol. The minimum absolute atomic E-state index is 0.390. The number of hydrogen-bond donors (Lipinski definition) is 2. The molecule has 0 unspecified atom stereocenters. The first-order chi connectivity index (χ1) is 12.9. The molecule has 2 amide bonds. The van der Waals surface area contributed by atoms with Crippen LogP contribution in [0.4, 0.5) is 5.69 Å². The SMILES string of the molecule is COc1cc(OC)c(C=NNC(=O)CC(=O)Nc2ccccc2Cl)cc1Br. The average Bonchev–Trinajstić information content (AvgIpc) is 2.63. The highest BCUT2D eigenvalue weighted by molar-refractivity contribution is 9.10. The molecule has 0 saturated heterocycles. The maximum atomic E-state index is 11.9. The van der Waals surface area contributed by atoms with Gasteiger partial charge in [-0.1, -0.05) is 23.7 Å². The van der Waals surface area contributed by atoms with Gasteiger partial charge in [0.25, 0.3) is 0 Å². The second-order valence-corrected chi connectivity index (χ2v) is 6.49. The van der Waals surface area contributed by atoms with E-state index in [4.69, 9.17) is 21.1 Å². The van der Waals surface area contributed by atoms with Crippen molar-refractivity contribution in [3.05, 3.63) is 51.5 Å². The van der Waals surface area contributed by atoms with Gasteiger partial charge in [-0.15, -0.1) is 0 Å². The van der Waals surface area contributed by atoms with Crippen LogP contribution in [0, 0.1) is 0 Å². The van der Waals surface area contributed by atoms with E-state index in [0.717, 1.165) is 0 Å². The van der Waals surface area contributed by atoms with Crippen molar-refractivity contribution in [2.24, 2.45) is 5.10 Å². The third-order valence-electron chi connectivity index (χ3n) is 3.37. The summed E-state index contributed by atoms with van der Waals surface area (Å²) >= 11 is 9.32. The van der Waals surface area contributed by atoms with Crippen molar-refractivity contribution in [3.8, 4) is 11.5 Å². The Morgan fingerprint density at radius 1 is 1.15 bits per heavy atom. The summed E-state index contributed by atoms with van der Waals surface area (Å²) in [5.41, 5.74) is 3.35. The van der Waals surface area contributed by atoms with Gasteiger partial charge in [0.2, 0.25) is 11.8 Å². The molecular formula is C18H17BrClN3O4. The van der Waals surface area contributed by atoms with Gasteiger partial charge in [0.05, 0.1) is 35.6 Å². The fourth-order valence-electron chi connectivity index (χ4n) is 2.10. The lowest BCUT2D eigenvalue weighted by Crippen LogP contribution is -2.24. The maximum Gasteiger partial charge on any atom is 0.249 e. The smallest absolute Gasteiger partial charge is 0.249 e. The molecule has 0 spiro atoms. The van der Waals surface area contributed by atoms with Gasteiger partial charge in [0.1, 0.15) is 17.9 Å². The number of para-hydroxylation sites is 1. The zero-order chi connectivity index (χ0) is 19.8. The fraction of sp³-hybridized carbons (Fsp3) is 0.167. The Bertz CT molecular complexity index is 874. The molecule has 0 saturated carbocycles. The highest BCUT2D eigenvalue weighted by Crippen LogP contribution is 2.31. The molecule has 7 nitrogen and oxygen atoms in total. The van der Waals surface area contributed by atoms with Crippen molar-refractivity contribution in [1.29, 1.82) is 0 Å². The molecule has 0 aliphatic heterocycles. The van der Waals surface area contributed by atoms with Crippen LogP contribution in [-0.4, -0.2) is 32.2 Å². The number of benzene rings is 2. The molecule has 0 atom stereocenters. The standard InChI is InChI=1S/C18H17BrClN3O4/c1-26-15-8-16(27-2)12(19)7-11(15)10-21-23-18(25)9-17(24)22-14-6-4-3-5-13(14)20/h3-8,10H,9H2,1-2H3,(H,22,24)(H,23,25). The summed E-state index contributed by atoms with van der Waals surface area (Å²) in [6, 6.07) is 10.2. The number of halogens is 2. The van der Waals surface area contributed by atoms with Gasteiger partial charge in [-0.05, 0) is 34.1 Å². The zero-order valence-electron chi connectivity index (χ0n) is 14.6. The van der Waals surface area contributed by atoms with E-state index in [-0.39, 0.29) is 0 Å². The van der Waals surface area contributed by atoms with Crippen molar-refractivity contribution < 1.29 is 19.1 Å². The Morgan fingerprint density at radius 2 is 1.85 bits per heavy atom. The number of nitrogens with zero attached hydrogens (tertiary/aromatic N) is 1. The van der Waals surface area contributed by atoms with Crippen molar-refractivity contribution in [1.82, 2.24) is 5.43 Å². The summed E-state index contributed by atoms with van der Waals surface area (Å²) < 4.78 is 11.2. The number of rotatable bonds is 7. The number of carbonyl (C=O) groups excluding carboxylic acids is 2. The second kappa shape index (κ2) is 9.94. The molecule has 27 heavy (non-hydrogen) atoms. The van der Waals surface area contributed by atoms with Crippen LogP contribution in [-0.2, 0) is 9.59 Å². The highest BCUT2D eigenvalue weighted by atomic mass is 79.9. The number of amides is 2. The van der Waals surface area contributed by atoms with Gasteiger partial charge in [0.15, 0.2) is 0 Å². The van der Waals surface area contributed by atoms with Gasteiger partial charge >= 0.3 is 0 Å². The van der Waals surface area contributed by atoms with Crippen molar-refractivity contribution in [3.63, 3.8) is 0 Å². The van der Waals surface area contributed by atoms with Crippen LogP contribution in [0.1, 0.15) is 12.0 Å². The Morgan fingerprint density at radius 3 is 2.52 bits per heavy atom. The predicted molar refractivity (Wildman–Crippen MR) is 108 cm³/mol. The lowest BCUT2D eigenvalue weighted by molar-refractivity contribution is -0.126. The van der Waals surface area contributed by atoms with E-state index in [1.54, 1.807) is 43.5 Å². The number of ether oxygens (including phenoxy) is 2. The molecule has 9 heteroatoms. The molecular weight excluding hydrogens is 438 g/mol. The molecule has 2 aromatic rings. The van der Waals surface area contributed by atoms with Gasteiger partial charge in [-0.3, -0.25) is 9.59 Å². The van der Waals surface area contributed by atoms with Crippen LogP contribution in [0.25, 0.3) is 0 Å². The van der Waals surface area contributed by atoms with E-state index in [1.807, 2.05) is 0 Å². The van der Waals surface area contributed by atoms with Crippen molar-refractivity contribution in [2.75, 3.05) is 19.5 Å². The quantitative estimate of drug-likeness (QED) is 0.380. The lowest BCUT2D eigenvalue weighted by atomic mass is 10.2. The van der Waals surface area contributed by atoms with Gasteiger partial charge in [0, 0.05) is 11.6 Å². The zero-order valence-corrected chi connectivity index (χ0v) is 16.9. The number of anilines is 1. The predicted octanol–water partition coefficient (Wildman–Crippen LogP) is 3.60. The summed E-state index contributed by atoms with van der Waals surface area (Å²) in [5, 5.41) is 6.81. The van der Waals surface area contributed by atoms with E-state index in [9.17, 15) is 9.59 Å². The Labute approximate surface area is 169 Å². The molecule has 2 N–H and O–H groups in total. The van der Waals surface area contributed by atoms with Gasteiger partial charge in [-0.25, -0.2) is 5.43 Å². The Hall–Kier alpha value is -2.58. The lowest BCUT2D eigenvalue weighted by Gasteiger charge is -2.09. The summed E-state index contributed by atoms with van der Waals surface area (Å²) in [6.45, 7) is 0. The molecule has 0 heterocycles. The number of carbonyl (C=O) groups is 2. The van der Waals surface area contributed by atoms with Crippen LogP contribution in [0.2, 0.25) is 5.02 Å². The molecule has 0 fully saturated rings. The van der Waals surface area contributed by atoms with E-state index in [2.05, 4.69) is 31.8 Å². The van der Waals surface area contributed by atoms with Crippen molar-refractivity contribution in [2.45, 2.75) is 6.42 Å². The van der Waals surface area contributed by atoms with E-state index in [0.29, 0.717) is 32.2 Å². The molecule has 0 aliphatic carbocycles.